The molecule has 0 saturated heterocycles. The van der Waals surface area contributed by atoms with Gasteiger partial charge in [0.05, 0.1) is 26.4 Å². The van der Waals surface area contributed by atoms with E-state index in [1.807, 2.05) is 75.4 Å². The van der Waals surface area contributed by atoms with Gasteiger partial charge in [0, 0.05) is 0 Å². The van der Waals surface area contributed by atoms with Gasteiger partial charge in [0.25, 0.3) is 0 Å². The molecule has 0 aliphatic rings. The summed E-state index contributed by atoms with van der Waals surface area (Å²) in [6.07, 6.45) is 4.10. The number of ether oxygens (including phenoxy) is 5. The van der Waals surface area contributed by atoms with Gasteiger partial charge in [0.1, 0.15) is 13.2 Å². The Balaban J connectivity index is 1.69. The maximum atomic E-state index is 5.76. The highest BCUT2D eigenvalue weighted by molar-refractivity contribution is 5.55. The smallest absolute Gasteiger partial charge is 0.161 e. The highest BCUT2D eigenvalue weighted by Crippen LogP contribution is 2.29. The van der Waals surface area contributed by atoms with Crippen molar-refractivity contribution < 1.29 is 23.7 Å². The van der Waals surface area contributed by atoms with Crippen LogP contribution < -0.4 is 18.9 Å². The van der Waals surface area contributed by atoms with Crippen LogP contribution in [0.2, 0.25) is 0 Å². The molecule has 2 aromatic rings. The zero-order valence-electron chi connectivity index (χ0n) is 17.1. The number of rotatable bonds is 12. The summed E-state index contributed by atoms with van der Waals surface area (Å²) in [7, 11) is 1.64. The Bertz CT molecular complexity index is 740. The first kappa shape index (κ1) is 21.6. The number of benzene rings is 2. The minimum atomic E-state index is 0.0993. The van der Waals surface area contributed by atoms with Gasteiger partial charge in [-0.1, -0.05) is 30.4 Å². The number of hydrogen-bond donors (Lipinski definition) is 0. The quantitative estimate of drug-likeness (QED) is 0.481. The Morgan fingerprint density at radius 3 is 2.07 bits per heavy atom. The van der Waals surface area contributed by atoms with E-state index in [2.05, 4.69) is 0 Å². The number of para-hydroxylation sites is 2. The van der Waals surface area contributed by atoms with E-state index in [4.69, 9.17) is 23.7 Å². The van der Waals surface area contributed by atoms with E-state index in [-0.39, 0.29) is 6.10 Å². The maximum absolute atomic E-state index is 5.76. The molecule has 0 heterocycles. The van der Waals surface area contributed by atoms with E-state index in [1.54, 1.807) is 7.11 Å². The minimum Gasteiger partial charge on any atom is -0.493 e. The predicted molar refractivity (Wildman–Crippen MR) is 112 cm³/mol. The third-order valence-electron chi connectivity index (χ3n) is 3.73. The molecule has 0 fully saturated rings. The molecule has 28 heavy (non-hydrogen) atoms. The summed E-state index contributed by atoms with van der Waals surface area (Å²) < 4.78 is 28.2. The van der Waals surface area contributed by atoms with E-state index < -0.39 is 0 Å². The Morgan fingerprint density at radius 2 is 1.46 bits per heavy atom. The lowest BCUT2D eigenvalue weighted by atomic mass is 10.2. The average molecular weight is 386 g/mol. The Kier molecular flexibility index (Phi) is 9.22. The fourth-order valence-corrected chi connectivity index (χ4v) is 2.54. The van der Waals surface area contributed by atoms with Gasteiger partial charge in [0.15, 0.2) is 23.0 Å². The fraction of sp³-hybridized carbons (Fsp3) is 0.391. The standard InChI is InChI=1S/C23H30O5/c1-5-8-19-11-12-21(23(17-19)24-4)27-16-14-25-13-15-26-20-9-6-7-10-22(20)28-18(2)3/h5-12,17-18H,13-16H2,1-4H3. The zero-order valence-corrected chi connectivity index (χ0v) is 17.1. The van der Waals surface area contributed by atoms with Crippen molar-refractivity contribution in [3.8, 4) is 23.0 Å². The van der Waals surface area contributed by atoms with Crippen molar-refractivity contribution in [1.82, 2.24) is 0 Å². The van der Waals surface area contributed by atoms with Crippen LogP contribution in [0.4, 0.5) is 0 Å². The third-order valence-corrected chi connectivity index (χ3v) is 3.73. The van der Waals surface area contributed by atoms with Crippen LogP contribution in [0.3, 0.4) is 0 Å². The highest BCUT2D eigenvalue weighted by Gasteiger charge is 2.07. The lowest BCUT2D eigenvalue weighted by Crippen LogP contribution is -2.13. The SMILES string of the molecule is CC=Cc1ccc(OCCOCCOc2ccccc2OC(C)C)c(OC)c1. The maximum Gasteiger partial charge on any atom is 0.161 e. The van der Waals surface area contributed by atoms with Gasteiger partial charge in [-0.2, -0.15) is 0 Å². The Morgan fingerprint density at radius 1 is 0.821 bits per heavy atom. The molecular formula is C23H30O5. The van der Waals surface area contributed by atoms with Gasteiger partial charge in [-0.15, -0.1) is 0 Å². The molecule has 5 nitrogen and oxygen atoms in total. The van der Waals surface area contributed by atoms with Gasteiger partial charge in [-0.05, 0) is 50.6 Å². The molecule has 152 valence electrons. The van der Waals surface area contributed by atoms with E-state index in [9.17, 15) is 0 Å². The minimum absolute atomic E-state index is 0.0993. The molecule has 0 bridgehead atoms. The molecule has 5 heteroatoms. The first-order valence-electron chi connectivity index (χ1n) is 9.53. The van der Waals surface area contributed by atoms with Crippen LogP contribution >= 0.6 is 0 Å². The first-order chi connectivity index (χ1) is 13.6. The first-order valence-corrected chi connectivity index (χ1v) is 9.53. The van der Waals surface area contributed by atoms with Gasteiger partial charge in [0.2, 0.25) is 0 Å². The van der Waals surface area contributed by atoms with Crippen LogP contribution in [0, 0.1) is 0 Å². The summed E-state index contributed by atoms with van der Waals surface area (Å²) in [4.78, 5) is 0. The van der Waals surface area contributed by atoms with Crippen LogP contribution in [0.1, 0.15) is 26.3 Å². The van der Waals surface area contributed by atoms with E-state index in [0.29, 0.717) is 37.9 Å². The van der Waals surface area contributed by atoms with Crippen LogP contribution in [-0.2, 0) is 4.74 Å². The van der Waals surface area contributed by atoms with Crippen LogP contribution in [-0.4, -0.2) is 39.6 Å². The zero-order chi connectivity index (χ0) is 20.2. The summed E-state index contributed by atoms with van der Waals surface area (Å²) >= 11 is 0. The number of hydrogen-bond acceptors (Lipinski definition) is 5. The van der Waals surface area contributed by atoms with E-state index >= 15 is 0 Å². The van der Waals surface area contributed by atoms with Crippen molar-refractivity contribution >= 4 is 6.08 Å². The van der Waals surface area contributed by atoms with Crippen molar-refractivity contribution in [1.29, 1.82) is 0 Å². The molecule has 0 saturated carbocycles. The highest BCUT2D eigenvalue weighted by atomic mass is 16.6. The van der Waals surface area contributed by atoms with Gasteiger partial charge in [-0.3, -0.25) is 0 Å². The Hall–Kier alpha value is -2.66. The summed E-state index contributed by atoms with van der Waals surface area (Å²) in [5.41, 5.74) is 1.07. The normalized spacial score (nSPS) is 11.0. The molecule has 0 radical (unpaired) electrons. The van der Waals surface area contributed by atoms with Crippen molar-refractivity contribution in [2.45, 2.75) is 26.9 Å². The number of methoxy groups -OCH3 is 1. The van der Waals surface area contributed by atoms with Crippen molar-refractivity contribution in [3.63, 3.8) is 0 Å². The number of allylic oxidation sites excluding steroid dienone is 1. The second-order valence-corrected chi connectivity index (χ2v) is 6.33. The second-order valence-electron chi connectivity index (χ2n) is 6.33. The van der Waals surface area contributed by atoms with Crippen LogP contribution in [0.25, 0.3) is 6.08 Å². The lowest BCUT2D eigenvalue weighted by molar-refractivity contribution is 0.0744. The fourth-order valence-electron chi connectivity index (χ4n) is 2.54. The molecule has 0 atom stereocenters. The molecule has 0 N–H and O–H groups in total. The monoisotopic (exact) mass is 386 g/mol. The van der Waals surface area contributed by atoms with Crippen molar-refractivity contribution in [3.05, 3.63) is 54.1 Å². The van der Waals surface area contributed by atoms with Gasteiger partial charge >= 0.3 is 0 Å². The molecule has 0 aliphatic carbocycles. The molecule has 0 spiro atoms. The Labute approximate surface area is 167 Å². The van der Waals surface area contributed by atoms with Crippen LogP contribution in [0.5, 0.6) is 23.0 Å². The molecule has 2 aromatic carbocycles. The van der Waals surface area contributed by atoms with Crippen LogP contribution in [0.15, 0.2) is 48.5 Å². The summed E-state index contributed by atoms with van der Waals surface area (Å²) in [5, 5.41) is 0. The van der Waals surface area contributed by atoms with Crippen molar-refractivity contribution in [2.24, 2.45) is 0 Å². The lowest BCUT2D eigenvalue weighted by Gasteiger charge is -2.15. The molecule has 0 aliphatic heterocycles. The second kappa shape index (κ2) is 11.9. The summed E-state index contributed by atoms with van der Waals surface area (Å²) in [6, 6.07) is 13.5. The van der Waals surface area contributed by atoms with E-state index in [1.165, 1.54) is 0 Å². The van der Waals surface area contributed by atoms with Gasteiger partial charge < -0.3 is 23.7 Å². The molecule has 2 rings (SSSR count). The summed E-state index contributed by atoms with van der Waals surface area (Å²) in [6.45, 7) is 7.77. The molecule has 0 aromatic heterocycles. The predicted octanol–water partition coefficient (Wildman–Crippen LogP) is 4.99. The molecule has 0 unspecified atom stereocenters. The third kappa shape index (κ3) is 7.16. The topological polar surface area (TPSA) is 46.2 Å². The summed E-state index contributed by atoms with van der Waals surface area (Å²) in [5.74, 6) is 2.88. The molecule has 0 amide bonds. The average Bonchev–Trinajstić information content (AvgIpc) is 2.69. The van der Waals surface area contributed by atoms with Gasteiger partial charge in [-0.25, -0.2) is 0 Å². The largest absolute Gasteiger partial charge is 0.493 e. The van der Waals surface area contributed by atoms with E-state index in [0.717, 1.165) is 17.1 Å². The van der Waals surface area contributed by atoms with Crippen molar-refractivity contribution in [2.75, 3.05) is 33.5 Å². The molecular weight excluding hydrogens is 356 g/mol.